The number of hydroxylamine groups is 1. The predicted molar refractivity (Wildman–Crippen MR) is 114 cm³/mol. The Hall–Kier alpha value is -3.73. The lowest BCUT2D eigenvalue weighted by Crippen LogP contribution is -2.30. The second-order valence-corrected chi connectivity index (χ2v) is 7.60. The quantitative estimate of drug-likeness (QED) is 0.271. The van der Waals surface area contributed by atoms with Gasteiger partial charge in [-0.05, 0) is 30.4 Å². The van der Waals surface area contributed by atoms with Crippen molar-refractivity contribution in [2.75, 3.05) is 25.6 Å². The number of amides is 3. The van der Waals surface area contributed by atoms with Crippen LogP contribution in [0.1, 0.15) is 30.0 Å². The maximum atomic E-state index is 12.6. The molecule has 0 atom stereocenters. The van der Waals surface area contributed by atoms with Gasteiger partial charge in [-0.3, -0.25) is 24.9 Å². The van der Waals surface area contributed by atoms with Gasteiger partial charge in [-0.15, -0.1) is 0 Å². The highest BCUT2D eigenvalue weighted by molar-refractivity contribution is 6.13. The number of aromatic nitrogens is 2. The average Bonchev–Trinajstić information content (AvgIpc) is 3.47. The van der Waals surface area contributed by atoms with Crippen molar-refractivity contribution in [3.63, 3.8) is 0 Å². The Kier molecular flexibility index (Phi) is 5.42. The Morgan fingerprint density at radius 2 is 2.13 bits per heavy atom. The number of anilines is 1. The molecule has 31 heavy (non-hydrogen) atoms. The van der Waals surface area contributed by atoms with E-state index >= 15 is 0 Å². The molecule has 11 heteroatoms. The van der Waals surface area contributed by atoms with E-state index in [1.807, 2.05) is 22.9 Å². The summed E-state index contributed by atoms with van der Waals surface area (Å²) >= 11 is 0. The van der Waals surface area contributed by atoms with E-state index < -0.39 is 0 Å². The molecule has 0 bridgehead atoms. The van der Waals surface area contributed by atoms with E-state index in [1.165, 1.54) is 25.3 Å². The molecule has 1 saturated heterocycles. The summed E-state index contributed by atoms with van der Waals surface area (Å²) in [6.07, 6.45) is 9.17. The van der Waals surface area contributed by atoms with Crippen LogP contribution in [0.2, 0.25) is 0 Å². The lowest BCUT2D eigenvalue weighted by Gasteiger charge is -2.17. The molecule has 2 aliphatic rings. The minimum Gasteiger partial charge on any atom is -0.403 e. The van der Waals surface area contributed by atoms with E-state index in [4.69, 9.17) is 21.3 Å². The highest BCUT2D eigenvalue weighted by Crippen LogP contribution is 2.42. The summed E-state index contributed by atoms with van der Waals surface area (Å²) in [4.78, 5) is 36.7. The molecule has 0 spiro atoms. The summed E-state index contributed by atoms with van der Waals surface area (Å²) in [6, 6.07) is 1.63. The number of hydrogen-bond acceptors (Lipinski definition) is 8. The van der Waals surface area contributed by atoms with Crippen LogP contribution < -0.4 is 27.2 Å². The summed E-state index contributed by atoms with van der Waals surface area (Å²) in [5, 5.41) is 3.16. The van der Waals surface area contributed by atoms with E-state index in [0.717, 1.165) is 29.0 Å². The SMILES string of the molecule is CON/C(N)=C/C(=C\N)NCc1cn2cc(C3CC3)cc(N3CC(=O)N(C)C3=O)c2n1. The van der Waals surface area contributed by atoms with E-state index in [0.29, 0.717) is 35.3 Å². The standard InChI is InChI=1S/C20H26N8O3/c1-26-18(29)11-28(20(26)30)16-5-13(12-3-4-12)9-27-10-15(24-19(16)27)8-23-14(7-21)6-17(22)25-31-2/h5-7,9-10,12,23,25H,3-4,8,11,21-22H2,1-2H3/b14-7+,17-6+. The Labute approximate surface area is 179 Å². The number of rotatable bonds is 8. The number of carbonyl (C=O) groups is 2. The summed E-state index contributed by atoms with van der Waals surface area (Å²) in [6.45, 7) is 0.392. The monoisotopic (exact) mass is 426 g/mol. The van der Waals surface area contributed by atoms with Crippen molar-refractivity contribution < 1.29 is 14.4 Å². The molecule has 0 aromatic carbocycles. The molecule has 6 N–H and O–H groups in total. The third-order valence-corrected chi connectivity index (χ3v) is 5.31. The zero-order valence-corrected chi connectivity index (χ0v) is 17.5. The van der Waals surface area contributed by atoms with E-state index in [1.54, 1.807) is 6.08 Å². The van der Waals surface area contributed by atoms with Crippen LogP contribution in [0.25, 0.3) is 5.65 Å². The number of urea groups is 1. The maximum Gasteiger partial charge on any atom is 0.331 e. The van der Waals surface area contributed by atoms with Gasteiger partial charge in [0.05, 0.1) is 30.7 Å². The number of nitrogens with one attached hydrogen (secondary N) is 2. The minimum absolute atomic E-state index is 0.0101. The van der Waals surface area contributed by atoms with Crippen LogP contribution >= 0.6 is 0 Å². The highest BCUT2D eigenvalue weighted by Gasteiger charge is 2.36. The van der Waals surface area contributed by atoms with Gasteiger partial charge in [-0.1, -0.05) is 0 Å². The lowest BCUT2D eigenvalue weighted by atomic mass is 10.1. The van der Waals surface area contributed by atoms with Gasteiger partial charge < -0.3 is 21.2 Å². The molecule has 1 aliphatic heterocycles. The first-order valence-electron chi connectivity index (χ1n) is 9.92. The van der Waals surface area contributed by atoms with Crippen LogP contribution in [0, 0.1) is 0 Å². The molecule has 1 aliphatic carbocycles. The van der Waals surface area contributed by atoms with E-state index in [2.05, 4.69) is 10.8 Å². The fraction of sp³-hybridized carbons (Fsp3) is 0.350. The molecule has 0 radical (unpaired) electrons. The number of fused-ring (bicyclic) bond motifs is 1. The Morgan fingerprint density at radius 1 is 1.35 bits per heavy atom. The number of carbonyl (C=O) groups excluding carboxylic acids is 2. The van der Waals surface area contributed by atoms with Crippen molar-refractivity contribution in [2.45, 2.75) is 25.3 Å². The minimum atomic E-state index is -0.345. The predicted octanol–water partition coefficient (Wildman–Crippen LogP) is 0.451. The second kappa shape index (κ2) is 8.19. The first kappa shape index (κ1) is 20.5. The van der Waals surface area contributed by atoms with Crippen molar-refractivity contribution in [3.8, 4) is 0 Å². The van der Waals surface area contributed by atoms with Crippen LogP contribution in [0.3, 0.4) is 0 Å². The van der Waals surface area contributed by atoms with Gasteiger partial charge >= 0.3 is 6.03 Å². The molecule has 3 amide bonds. The molecule has 2 aromatic rings. The van der Waals surface area contributed by atoms with Gasteiger partial charge in [0, 0.05) is 31.7 Å². The number of allylic oxidation sites excluding steroid dienone is 1. The number of likely N-dealkylation sites (N-methyl/N-ethyl adjacent to an activating group) is 1. The lowest BCUT2D eigenvalue weighted by molar-refractivity contribution is -0.123. The fourth-order valence-electron chi connectivity index (χ4n) is 3.53. The van der Waals surface area contributed by atoms with Gasteiger partial charge in [-0.25, -0.2) is 9.78 Å². The van der Waals surface area contributed by atoms with E-state index in [-0.39, 0.29) is 18.5 Å². The smallest absolute Gasteiger partial charge is 0.331 e. The normalized spacial score (nSPS) is 17.7. The van der Waals surface area contributed by atoms with Crippen molar-refractivity contribution in [2.24, 2.45) is 11.5 Å². The molecule has 1 saturated carbocycles. The second-order valence-electron chi connectivity index (χ2n) is 7.60. The molecule has 11 nitrogen and oxygen atoms in total. The van der Waals surface area contributed by atoms with Gasteiger partial charge in [-0.2, -0.15) is 0 Å². The average molecular weight is 426 g/mol. The van der Waals surface area contributed by atoms with Crippen LogP contribution in [-0.4, -0.2) is 46.9 Å². The van der Waals surface area contributed by atoms with Crippen molar-refractivity contribution in [1.29, 1.82) is 0 Å². The topological polar surface area (TPSA) is 143 Å². The third-order valence-electron chi connectivity index (χ3n) is 5.31. The van der Waals surface area contributed by atoms with Crippen molar-refractivity contribution in [1.82, 2.24) is 25.1 Å². The highest BCUT2D eigenvalue weighted by atomic mass is 16.6. The van der Waals surface area contributed by atoms with Gasteiger partial charge in [0.2, 0.25) is 5.91 Å². The van der Waals surface area contributed by atoms with Crippen molar-refractivity contribution >= 4 is 23.3 Å². The Bertz CT molecular complexity index is 1090. The number of imide groups is 1. The number of nitrogens with zero attached hydrogens (tertiary/aromatic N) is 4. The molecular formula is C20H26N8O3. The van der Waals surface area contributed by atoms with Crippen LogP contribution in [0.4, 0.5) is 10.5 Å². The maximum absolute atomic E-state index is 12.6. The number of imidazole rings is 1. The largest absolute Gasteiger partial charge is 0.403 e. The van der Waals surface area contributed by atoms with Gasteiger partial charge in [0.1, 0.15) is 12.4 Å². The van der Waals surface area contributed by atoms with Crippen LogP contribution in [-0.2, 0) is 16.2 Å². The van der Waals surface area contributed by atoms with Gasteiger partial charge in [0.25, 0.3) is 0 Å². The molecule has 2 fully saturated rings. The molecule has 2 aromatic heterocycles. The summed E-state index contributed by atoms with van der Waals surface area (Å²) in [5.74, 6) is 0.533. The summed E-state index contributed by atoms with van der Waals surface area (Å²) in [7, 11) is 2.95. The molecule has 0 unspecified atom stereocenters. The zero-order chi connectivity index (χ0) is 22.1. The Morgan fingerprint density at radius 3 is 2.74 bits per heavy atom. The number of nitrogens with two attached hydrogens (primary N) is 2. The van der Waals surface area contributed by atoms with Crippen LogP contribution in [0.5, 0.6) is 0 Å². The number of hydrogen-bond donors (Lipinski definition) is 4. The van der Waals surface area contributed by atoms with E-state index in [9.17, 15) is 9.59 Å². The van der Waals surface area contributed by atoms with Crippen LogP contribution in [0.15, 0.2) is 42.3 Å². The third kappa shape index (κ3) is 4.12. The van der Waals surface area contributed by atoms with Gasteiger partial charge in [0.15, 0.2) is 5.65 Å². The first-order chi connectivity index (χ1) is 14.9. The Balaban J connectivity index is 1.63. The first-order valence-corrected chi connectivity index (χ1v) is 9.92. The summed E-state index contributed by atoms with van der Waals surface area (Å²) in [5.41, 5.74) is 17.7. The number of pyridine rings is 1. The zero-order valence-electron chi connectivity index (χ0n) is 17.5. The molecule has 164 valence electrons. The summed E-state index contributed by atoms with van der Waals surface area (Å²) < 4.78 is 1.92. The molecule has 4 rings (SSSR count). The fourth-order valence-corrected chi connectivity index (χ4v) is 3.53. The molecular weight excluding hydrogens is 400 g/mol. The van der Waals surface area contributed by atoms with Crippen molar-refractivity contribution in [3.05, 3.63) is 53.5 Å². The molecule has 3 heterocycles.